The number of carboxylic acid groups (broad SMARTS) is 1. The molecule has 1 aliphatic rings. The maximum atomic E-state index is 13.1. The zero-order chi connectivity index (χ0) is 26.1. The van der Waals surface area contributed by atoms with Gasteiger partial charge < -0.3 is 37.1 Å². The van der Waals surface area contributed by atoms with Gasteiger partial charge in [0, 0.05) is 31.3 Å². The van der Waals surface area contributed by atoms with Crippen LogP contribution in [0.4, 0.5) is 0 Å². The van der Waals surface area contributed by atoms with Crippen molar-refractivity contribution in [2.45, 2.75) is 76.5 Å². The summed E-state index contributed by atoms with van der Waals surface area (Å²) in [4.78, 5) is 69.7. The summed E-state index contributed by atoms with van der Waals surface area (Å²) in [5, 5.41) is 14.8. The van der Waals surface area contributed by atoms with E-state index in [0.717, 1.165) is 0 Å². The molecule has 0 radical (unpaired) electrons. The second-order valence-electron chi connectivity index (χ2n) is 8.85. The molecule has 1 aromatic rings. The number of imidazole rings is 1. The van der Waals surface area contributed by atoms with E-state index in [2.05, 4.69) is 20.6 Å². The van der Waals surface area contributed by atoms with E-state index in [-0.39, 0.29) is 25.2 Å². The molecular weight excluding hydrogens is 458 g/mol. The summed E-state index contributed by atoms with van der Waals surface area (Å²) in [6.45, 7) is 3.94. The average molecular weight is 494 g/mol. The third-order valence-electron chi connectivity index (χ3n) is 6.24. The van der Waals surface area contributed by atoms with Gasteiger partial charge in [0.25, 0.3) is 0 Å². The Morgan fingerprint density at radius 2 is 2.00 bits per heavy atom. The minimum Gasteiger partial charge on any atom is -0.480 e. The number of nitrogens with one attached hydrogen (secondary N) is 3. The van der Waals surface area contributed by atoms with E-state index < -0.39 is 53.8 Å². The van der Waals surface area contributed by atoms with E-state index in [4.69, 9.17) is 11.5 Å². The number of carbonyl (C=O) groups is 5. The standard InChI is InChI=1S/C22H35N7O6/c1-3-12(2)18(20(32)27-15(22(34)35)9-13-10-25-11-26-13)28-19(31)16-5-4-8-29(16)21(33)14(23)6-7-17(24)30/h10-12,14-16,18H,3-9,23H2,1-2H3,(H2,24,30)(H,25,26)(H,27,32)(H,28,31)(H,34,35). The maximum absolute atomic E-state index is 13.1. The number of hydrogen-bond acceptors (Lipinski definition) is 7. The van der Waals surface area contributed by atoms with Crippen LogP contribution in [-0.4, -0.2) is 80.3 Å². The summed E-state index contributed by atoms with van der Waals surface area (Å²) in [5.74, 6) is -3.70. The molecule has 1 saturated heterocycles. The first kappa shape index (κ1) is 27.8. The molecule has 1 aromatic heterocycles. The summed E-state index contributed by atoms with van der Waals surface area (Å²) < 4.78 is 0. The topological polar surface area (TPSA) is 214 Å². The molecule has 1 fully saturated rings. The first-order valence-corrected chi connectivity index (χ1v) is 11.7. The van der Waals surface area contributed by atoms with Crippen molar-refractivity contribution >= 4 is 29.6 Å². The van der Waals surface area contributed by atoms with Gasteiger partial charge in [-0.2, -0.15) is 0 Å². The minimum atomic E-state index is -1.22. The molecule has 194 valence electrons. The number of carboxylic acids is 1. The van der Waals surface area contributed by atoms with Crippen LogP contribution in [0.2, 0.25) is 0 Å². The zero-order valence-electron chi connectivity index (χ0n) is 20.0. The van der Waals surface area contributed by atoms with Crippen LogP contribution in [0.1, 0.15) is 51.6 Å². The SMILES string of the molecule is CCC(C)C(NC(=O)C1CCCN1C(=O)C(N)CCC(N)=O)C(=O)NC(Cc1cnc[nH]1)C(=O)O. The first-order valence-electron chi connectivity index (χ1n) is 11.7. The summed E-state index contributed by atoms with van der Waals surface area (Å²) in [7, 11) is 0. The highest BCUT2D eigenvalue weighted by Gasteiger charge is 2.38. The molecule has 35 heavy (non-hydrogen) atoms. The number of amides is 4. The van der Waals surface area contributed by atoms with Gasteiger partial charge in [0.15, 0.2) is 0 Å². The van der Waals surface area contributed by atoms with Gasteiger partial charge in [-0.05, 0) is 25.2 Å². The van der Waals surface area contributed by atoms with Gasteiger partial charge in [0.05, 0.1) is 12.4 Å². The number of carbonyl (C=O) groups excluding carboxylic acids is 4. The number of aliphatic carboxylic acids is 1. The third kappa shape index (κ3) is 7.77. The zero-order valence-corrected chi connectivity index (χ0v) is 20.0. The molecule has 13 nitrogen and oxygen atoms in total. The van der Waals surface area contributed by atoms with Crippen LogP contribution >= 0.6 is 0 Å². The third-order valence-corrected chi connectivity index (χ3v) is 6.24. The molecule has 0 spiro atoms. The lowest BCUT2D eigenvalue weighted by Gasteiger charge is -2.30. The number of primary amides is 1. The first-order chi connectivity index (χ1) is 16.5. The maximum Gasteiger partial charge on any atom is 0.326 e. The normalized spacial score (nSPS) is 18.8. The fourth-order valence-electron chi connectivity index (χ4n) is 3.97. The molecule has 2 heterocycles. The second kappa shape index (κ2) is 12.8. The summed E-state index contributed by atoms with van der Waals surface area (Å²) in [6, 6.07) is -4.01. The van der Waals surface area contributed by atoms with Crippen LogP contribution < -0.4 is 22.1 Å². The number of aromatic nitrogens is 2. The highest BCUT2D eigenvalue weighted by Crippen LogP contribution is 2.20. The van der Waals surface area contributed by atoms with E-state index in [1.54, 1.807) is 6.92 Å². The van der Waals surface area contributed by atoms with Gasteiger partial charge >= 0.3 is 5.97 Å². The van der Waals surface area contributed by atoms with Crippen LogP contribution in [-0.2, 0) is 30.4 Å². The van der Waals surface area contributed by atoms with Gasteiger partial charge in [0.2, 0.25) is 23.6 Å². The van der Waals surface area contributed by atoms with Crippen molar-refractivity contribution in [2.75, 3.05) is 6.54 Å². The van der Waals surface area contributed by atoms with Crippen molar-refractivity contribution in [1.29, 1.82) is 0 Å². The van der Waals surface area contributed by atoms with Gasteiger partial charge in [-0.1, -0.05) is 20.3 Å². The Balaban J connectivity index is 2.09. The predicted molar refractivity (Wildman–Crippen MR) is 124 cm³/mol. The van der Waals surface area contributed by atoms with Crippen molar-refractivity contribution in [3.8, 4) is 0 Å². The Bertz CT molecular complexity index is 906. The Morgan fingerprint density at radius 3 is 2.57 bits per heavy atom. The van der Waals surface area contributed by atoms with Crippen LogP contribution in [0.25, 0.3) is 0 Å². The number of H-pyrrole nitrogens is 1. The van der Waals surface area contributed by atoms with Crippen molar-refractivity contribution in [2.24, 2.45) is 17.4 Å². The summed E-state index contributed by atoms with van der Waals surface area (Å²) in [6.07, 6.45) is 4.42. The number of likely N-dealkylation sites (tertiary alicyclic amines) is 1. The Hall–Kier alpha value is -3.48. The van der Waals surface area contributed by atoms with Crippen LogP contribution in [0.3, 0.4) is 0 Å². The second-order valence-corrected chi connectivity index (χ2v) is 8.85. The number of aromatic amines is 1. The van der Waals surface area contributed by atoms with Gasteiger partial charge in [0.1, 0.15) is 18.1 Å². The number of nitrogens with two attached hydrogens (primary N) is 2. The van der Waals surface area contributed by atoms with E-state index in [1.807, 2.05) is 6.92 Å². The molecule has 0 aliphatic carbocycles. The molecule has 0 bridgehead atoms. The molecule has 8 N–H and O–H groups in total. The lowest BCUT2D eigenvalue weighted by molar-refractivity contribution is -0.143. The molecule has 1 aliphatic heterocycles. The highest BCUT2D eigenvalue weighted by molar-refractivity contribution is 5.94. The average Bonchev–Trinajstić information content (AvgIpc) is 3.51. The van der Waals surface area contributed by atoms with E-state index >= 15 is 0 Å². The summed E-state index contributed by atoms with van der Waals surface area (Å²) >= 11 is 0. The fourth-order valence-corrected chi connectivity index (χ4v) is 3.97. The number of hydrogen-bond donors (Lipinski definition) is 6. The molecule has 5 atom stereocenters. The van der Waals surface area contributed by atoms with Crippen LogP contribution in [0, 0.1) is 5.92 Å². The quantitative estimate of drug-likeness (QED) is 0.192. The van der Waals surface area contributed by atoms with Gasteiger partial charge in [-0.25, -0.2) is 9.78 Å². The Kier molecular flexibility index (Phi) is 10.2. The lowest BCUT2D eigenvalue weighted by Crippen LogP contribution is -2.58. The number of rotatable bonds is 13. The van der Waals surface area contributed by atoms with E-state index in [1.165, 1.54) is 17.4 Å². The van der Waals surface area contributed by atoms with Crippen LogP contribution in [0.15, 0.2) is 12.5 Å². The lowest BCUT2D eigenvalue weighted by atomic mass is 9.97. The molecule has 0 saturated carbocycles. The van der Waals surface area contributed by atoms with E-state index in [0.29, 0.717) is 31.5 Å². The minimum absolute atomic E-state index is 0.00363. The van der Waals surface area contributed by atoms with E-state index in [9.17, 15) is 29.1 Å². The molecule has 13 heteroatoms. The van der Waals surface area contributed by atoms with Crippen molar-refractivity contribution in [3.05, 3.63) is 18.2 Å². The summed E-state index contributed by atoms with van der Waals surface area (Å²) in [5.41, 5.74) is 11.6. The predicted octanol–water partition coefficient (Wildman–Crippen LogP) is -1.36. The molecule has 4 amide bonds. The molecule has 2 rings (SSSR count). The van der Waals surface area contributed by atoms with Crippen molar-refractivity contribution in [3.63, 3.8) is 0 Å². The monoisotopic (exact) mass is 493 g/mol. The molecule has 0 aromatic carbocycles. The largest absolute Gasteiger partial charge is 0.480 e. The Labute approximate surface area is 203 Å². The molecular formula is C22H35N7O6. The van der Waals surface area contributed by atoms with Crippen LogP contribution in [0.5, 0.6) is 0 Å². The van der Waals surface area contributed by atoms with Crippen molar-refractivity contribution in [1.82, 2.24) is 25.5 Å². The Morgan fingerprint density at radius 1 is 1.29 bits per heavy atom. The highest BCUT2D eigenvalue weighted by atomic mass is 16.4. The number of nitrogens with zero attached hydrogens (tertiary/aromatic N) is 2. The van der Waals surface area contributed by atoms with Gasteiger partial charge in [-0.3, -0.25) is 19.2 Å². The smallest absolute Gasteiger partial charge is 0.326 e. The van der Waals surface area contributed by atoms with Gasteiger partial charge in [-0.15, -0.1) is 0 Å². The van der Waals surface area contributed by atoms with Crippen molar-refractivity contribution < 1.29 is 29.1 Å². The fraction of sp³-hybridized carbons (Fsp3) is 0.636. The molecule has 5 unspecified atom stereocenters.